The maximum absolute atomic E-state index is 14.4. The standard InChI is InChI=1S/C27H29FN8O3/c1-14-10-15-11-21(39-4)19(12-20(15)36(14)22(37)13-35(2)3)32-27-33-25-16(8-9-30-25)26(34-27)31-18-7-5-6-17(28)23(18)24(29)38/h5-9,11-12,14H,10,13H2,1-4H3,(H2,29,38)(H3,30,31,32,33,34)/p+1/t14-/m1/s1. The molecule has 1 aliphatic rings. The number of hydrogen-bond acceptors (Lipinski definition) is 7. The molecule has 0 fully saturated rings. The van der Waals surface area contributed by atoms with Gasteiger partial charge in [-0.2, -0.15) is 0 Å². The normalized spacial score (nSPS) is 14.5. The Bertz CT molecular complexity index is 1590. The Morgan fingerprint density at radius 1 is 1.26 bits per heavy atom. The fraction of sp³-hybridized carbons (Fsp3) is 0.259. The predicted molar refractivity (Wildman–Crippen MR) is 146 cm³/mol. The first-order chi connectivity index (χ1) is 18.7. The zero-order valence-electron chi connectivity index (χ0n) is 22.1. The summed E-state index contributed by atoms with van der Waals surface area (Å²) in [7, 11) is 5.30. The van der Waals surface area contributed by atoms with Gasteiger partial charge < -0.3 is 25.6 Å². The van der Waals surface area contributed by atoms with Gasteiger partial charge in [0, 0.05) is 18.3 Å². The van der Waals surface area contributed by atoms with Gasteiger partial charge in [0.2, 0.25) is 17.4 Å². The Kier molecular flexibility index (Phi) is 6.79. The van der Waals surface area contributed by atoms with E-state index in [0.29, 0.717) is 47.2 Å². The van der Waals surface area contributed by atoms with Crippen molar-refractivity contribution in [3.63, 3.8) is 0 Å². The molecule has 39 heavy (non-hydrogen) atoms. The third-order valence-corrected chi connectivity index (χ3v) is 6.57. The van der Waals surface area contributed by atoms with E-state index in [1.807, 2.05) is 43.0 Å². The molecular formula is C27H30FN8O3+. The van der Waals surface area contributed by atoms with Crippen molar-refractivity contribution >= 4 is 51.7 Å². The van der Waals surface area contributed by atoms with Crippen molar-refractivity contribution in [2.24, 2.45) is 5.73 Å². The van der Waals surface area contributed by atoms with Crippen LogP contribution in [0, 0.1) is 5.82 Å². The van der Waals surface area contributed by atoms with Crippen LogP contribution in [0.4, 0.5) is 33.2 Å². The quantitative estimate of drug-likeness (QED) is 0.273. The molecule has 6 N–H and O–H groups in total. The van der Waals surface area contributed by atoms with Crippen LogP contribution in [-0.4, -0.2) is 60.5 Å². The van der Waals surface area contributed by atoms with Crippen LogP contribution in [0.5, 0.6) is 5.75 Å². The number of anilines is 5. The van der Waals surface area contributed by atoms with Gasteiger partial charge in [-0.1, -0.05) is 11.1 Å². The number of aromatic nitrogens is 3. The summed E-state index contributed by atoms with van der Waals surface area (Å²) >= 11 is 0. The zero-order chi connectivity index (χ0) is 27.8. The number of methoxy groups -OCH3 is 1. The van der Waals surface area contributed by atoms with Gasteiger partial charge in [0.25, 0.3) is 5.91 Å². The molecule has 0 unspecified atom stereocenters. The Morgan fingerprint density at radius 2 is 2.05 bits per heavy atom. The van der Waals surface area contributed by atoms with Gasteiger partial charge in [0.15, 0.2) is 5.75 Å². The van der Waals surface area contributed by atoms with E-state index in [9.17, 15) is 14.0 Å². The molecule has 2 aromatic carbocycles. The second-order valence-corrected chi connectivity index (χ2v) is 9.71. The maximum atomic E-state index is 14.4. The third-order valence-electron chi connectivity index (χ3n) is 6.57. The van der Waals surface area contributed by atoms with Gasteiger partial charge >= 0.3 is 5.95 Å². The molecule has 3 heterocycles. The van der Waals surface area contributed by atoms with Gasteiger partial charge in [-0.25, -0.2) is 9.37 Å². The summed E-state index contributed by atoms with van der Waals surface area (Å²) in [6.07, 6.45) is 2.44. The molecule has 0 spiro atoms. The Hall–Kier alpha value is -4.71. The molecule has 11 nitrogen and oxygen atoms in total. The number of rotatable bonds is 8. The number of hydrogen-bond donors (Lipinski definition) is 4. The number of primary amides is 1. The Balaban J connectivity index is 1.53. The number of nitrogens with one attached hydrogen (secondary N) is 4. The van der Waals surface area contributed by atoms with Crippen LogP contribution in [0.25, 0.3) is 11.0 Å². The SMILES string of the molecule is COc1cc2c(cc1Nc1nc(Nc3cccc(F)c3C(N)=O)c3cc[nH]c3[nH+]1)N(C(=O)CN(C)C)[C@H](C)C2. The van der Waals surface area contributed by atoms with Crippen molar-refractivity contribution in [1.82, 2.24) is 14.9 Å². The number of nitrogens with two attached hydrogens (primary N) is 1. The highest BCUT2D eigenvalue weighted by Gasteiger charge is 2.33. The summed E-state index contributed by atoms with van der Waals surface area (Å²) in [5, 5.41) is 6.98. The molecule has 12 heteroatoms. The highest BCUT2D eigenvalue weighted by atomic mass is 19.1. The molecule has 5 rings (SSSR count). The fourth-order valence-electron chi connectivity index (χ4n) is 4.92. The lowest BCUT2D eigenvalue weighted by Crippen LogP contribution is -2.41. The van der Waals surface area contributed by atoms with E-state index < -0.39 is 11.7 Å². The summed E-state index contributed by atoms with van der Waals surface area (Å²) in [5.41, 5.74) is 8.40. The molecule has 1 aliphatic heterocycles. The predicted octanol–water partition coefficient (Wildman–Crippen LogP) is 2.95. The highest BCUT2D eigenvalue weighted by molar-refractivity contribution is 6.01. The molecule has 0 aliphatic carbocycles. The van der Waals surface area contributed by atoms with Crippen LogP contribution in [-0.2, 0) is 11.2 Å². The van der Waals surface area contributed by atoms with Crippen LogP contribution in [0.2, 0.25) is 0 Å². The maximum Gasteiger partial charge on any atom is 0.351 e. The van der Waals surface area contributed by atoms with Gasteiger partial charge in [-0.3, -0.25) is 19.9 Å². The van der Waals surface area contributed by atoms with Crippen LogP contribution in [0.15, 0.2) is 42.6 Å². The molecule has 0 saturated carbocycles. The van der Waals surface area contributed by atoms with Crippen molar-refractivity contribution in [3.05, 3.63) is 59.5 Å². The molecule has 0 radical (unpaired) electrons. The van der Waals surface area contributed by atoms with E-state index in [1.165, 1.54) is 12.1 Å². The second-order valence-electron chi connectivity index (χ2n) is 9.71. The number of halogens is 1. The zero-order valence-corrected chi connectivity index (χ0v) is 22.1. The Labute approximate surface area is 224 Å². The van der Waals surface area contributed by atoms with Crippen LogP contribution >= 0.6 is 0 Å². The minimum atomic E-state index is -0.896. The minimum absolute atomic E-state index is 0.00620. The molecule has 1 atom stereocenters. The van der Waals surface area contributed by atoms with E-state index >= 15 is 0 Å². The molecule has 202 valence electrons. The molecule has 4 aromatic rings. The molecule has 2 aromatic heterocycles. The lowest BCUT2D eigenvalue weighted by molar-refractivity contribution is -0.333. The van der Waals surface area contributed by atoms with Crippen molar-refractivity contribution in [1.29, 1.82) is 0 Å². The number of amides is 2. The van der Waals surface area contributed by atoms with E-state index in [1.54, 1.807) is 25.4 Å². The lowest BCUT2D eigenvalue weighted by atomic mass is 10.1. The fourth-order valence-corrected chi connectivity index (χ4v) is 4.92. The summed E-state index contributed by atoms with van der Waals surface area (Å²) in [4.78, 5) is 39.6. The first-order valence-electron chi connectivity index (χ1n) is 12.4. The lowest BCUT2D eigenvalue weighted by Gasteiger charge is -2.24. The summed E-state index contributed by atoms with van der Waals surface area (Å²) in [6.45, 7) is 2.31. The summed E-state index contributed by atoms with van der Waals surface area (Å²) in [6, 6.07) is 9.81. The van der Waals surface area contributed by atoms with Gasteiger partial charge in [-0.15, -0.1) is 0 Å². The first kappa shape index (κ1) is 25.9. The Morgan fingerprint density at radius 3 is 2.77 bits per heavy atom. The number of fused-ring (bicyclic) bond motifs is 2. The molecule has 0 saturated heterocycles. The van der Waals surface area contributed by atoms with Crippen LogP contribution in [0.3, 0.4) is 0 Å². The van der Waals surface area contributed by atoms with E-state index in [0.717, 1.165) is 11.3 Å². The monoisotopic (exact) mass is 533 g/mol. The largest absolute Gasteiger partial charge is 0.493 e. The van der Waals surface area contributed by atoms with Crippen molar-refractivity contribution in [2.75, 3.05) is 43.3 Å². The highest BCUT2D eigenvalue weighted by Crippen LogP contribution is 2.40. The van der Waals surface area contributed by atoms with Crippen molar-refractivity contribution in [3.8, 4) is 5.75 Å². The smallest absolute Gasteiger partial charge is 0.351 e. The average Bonchev–Trinajstić information content (AvgIpc) is 3.46. The van der Waals surface area contributed by atoms with Crippen molar-refractivity contribution in [2.45, 2.75) is 19.4 Å². The van der Waals surface area contributed by atoms with Crippen LogP contribution < -0.4 is 31.0 Å². The number of carbonyl (C=O) groups excluding carboxylic acids is 2. The van der Waals surface area contributed by atoms with Gasteiger partial charge in [0.05, 0.1) is 36.0 Å². The summed E-state index contributed by atoms with van der Waals surface area (Å²) < 4.78 is 20.0. The second kappa shape index (κ2) is 10.2. The van der Waals surface area contributed by atoms with E-state index in [4.69, 9.17) is 10.5 Å². The number of likely N-dealkylation sites (N-methyl/N-ethyl adjacent to an activating group) is 1. The van der Waals surface area contributed by atoms with E-state index in [2.05, 4.69) is 25.6 Å². The number of carbonyl (C=O) groups is 2. The topological polar surface area (TPSA) is 143 Å². The number of benzene rings is 2. The first-order valence-corrected chi connectivity index (χ1v) is 12.4. The summed E-state index contributed by atoms with van der Waals surface area (Å²) in [5.74, 6) is -0.347. The van der Waals surface area contributed by atoms with Crippen molar-refractivity contribution < 1.29 is 23.7 Å². The third kappa shape index (κ3) is 4.93. The molecule has 2 amide bonds. The van der Waals surface area contributed by atoms with Crippen LogP contribution in [0.1, 0.15) is 22.8 Å². The van der Waals surface area contributed by atoms with Gasteiger partial charge in [-0.05, 0) is 57.3 Å². The number of ether oxygens (including phenoxy) is 1. The van der Waals surface area contributed by atoms with Gasteiger partial charge in [0.1, 0.15) is 11.5 Å². The number of nitrogens with zero attached hydrogens (tertiary/aromatic N) is 3. The molecule has 0 bridgehead atoms. The minimum Gasteiger partial charge on any atom is -0.493 e. The molecular weight excluding hydrogens is 503 g/mol. The van der Waals surface area contributed by atoms with E-state index in [-0.39, 0.29) is 23.2 Å². The number of H-pyrrole nitrogens is 2. The average molecular weight is 534 g/mol. The number of aromatic amines is 2.